The number of halogens is 2. The molecule has 1 aromatic rings. The van der Waals surface area contributed by atoms with Gasteiger partial charge < -0.3 is 0 Å². The number of nitriles is 1. The van der Waals surface area contributed by atoms with Crippen molar-refractivity contribution in [2.45, 2.75) is 12.8 Å². The van der Waals surface area contributed by atoms with Crippen molar-refractivity contribution in [3.8, 4) is 5.40 Å². The second-order valence-electron chi connectivity index (χ2n) is 2.78. The van der Waals surface area contributed by atoms with E-state index in [2.05, 4.69) is 0 Å². The third-order valence-corrected chi connectivity index (χ3v) is 2.99. The van der Waals surface area contributed by atoms with Gasteiger partial charge in [0.25, 0.3) is 0 Å². The Hall–Kier alpha value is -0.360. The monoisotopic (exact) mass is 245 g/mol. The Morgan fingerprint density at radius 1 is 1.36 bits per heavy atom. The summed E-state index contributed by atoms with van der Waals surface area (Å²) in [5.74, 6) is 0.833. The molecule has 0 aliphatic heterocycles. The Balaban J connectivity index is 2.50. The number of thiocyanates is 1. The van der Waals surface area contributed by atoms with E-state index in [1.165, 1.54) is 11.8 Å². The number of aryl methyl sites for hydroxylation is 1. The average Bonchev–Trinajstić information content (AvgIpc) is 2.18. The number of nitrogens with zero attached hydrogens (tertiary/aromatic N) is 1. The summed E-state index contributed by atoms with van der Waals surface area (Å²) in [7, 11) is 0. The minimum Gasteiger partial charge on any atom is -0.185 e. The zero-order valence-electron chi connectivity index (χ0n) is 7.46. The molecule has 0 aromatic heterocycles. The molecule has 0 saturated heterocycles. The normalized spacial score (nSPS) is 9.79. The standard InChI is InChI=1S/C10H9Cl2NS/c11-9-3-4-10(12)8(6-9)2-1-5-14-7-13/h3-4,6H,1-2,5H2. The third kappa shape index (κ3) is 3.79. The fourth-order valence-corrected chi connectivity index (χ4v) is 1.90. The summed E-state index contributed by atoms with van der Waals surface area (Å²) in [5, 5.41) is 11.8. The Bertz CT molecular complexity index is 346. The molecule has 0 unspecified atom stereocenters. The Labute approximate surface area is 98.0 Å². The first kappa shape index (κ1) is 11.7. The van der Waals surface area contributed by atoms with E-state index in [1.54, 1.807) is 12.1 Å². The molecule has 0 aliphatic rings. The molecular weight excluding hydrogens is 237 g/mol. The van der Waals surface area contributed by atoms with Crippen molar-refractivity contribution < 1.29 is 0 Å². The van der Waals surface area contributed by atoms with Gasteiger partial charge >= 0.3 is 0 Å². The van der Waals surface area contributed by atoms with Gasteiger partial charge in [0.2, 0.25) is 0 Å². The van der Waals surface area contributed by atoms with Crippen molar-refractivity contribution in [2.75, 3.05) is 5.75 Å². The fraction of sp³-hybridized carbons (Fsp3) is 0.300. The summed E-state index contributed by atoms with van der Waals surface area (Å²) in [6.07, 6.45) is 1.81. The van der Waals surface area contributed by atoms with Crippen LogP contribution in [0.5, 0.6) is 0 Å². The molecule has 0 fully saturated rings. The maximum atomic E-state index is 8.33. The maximum absolute atomic E-state index is 8.33. The minimum absolute atomic E-state index is 0.706. The summed E-state index contributed by atoms with van der Waals surface area (Å²) in [4.78, 5) is 0. The Kier molecular flexibility index (Phi) is 5.17. The predicted octanol–water partition coefficient (Wildman–Crippen LogP) is 4.14. The molecule has 0 radical (unpaired) electrons. The van der Waals surface area contributed by atoms with Gasteiger partial charge in [0, 0.05) is 15.8 Å². The fourth-order valence-electron chi connectivity index (χ4n) is 1.12. The summed E-state index contributed by atoms with van der Waals surface area (Å²) in [6, 6.07) is 5.45. The molecule has 1 rings (SSSR count). The second kappa shape index (κ2) is 6.19. The van der Waals surface area contributed by atoms with Crippen LogP contribution in [0.4, 0.5) is 0 Å². The highest BCUT2D eigenvalue weighted by Gasteiger charge is 2.00. The van der Waals surface area contributed by atoms with Gasteiger partial charge in [0.1, 0.15) is 5.40 Å². The van der Waals surface area contributed by atoms with Gasteiger partial charge in [0.15, 0.2) is 0 Å². The van der Waals surface area contributed by atoms with Crippen LogP contribution in [-0.2, 0) is 6.42 Å². The quantitative estimate of drug-likeness (QED) is 0.588. The van der Waals surface area contributed by atoms with E-state index in [0.717, 1.165) is 29.2 Å². The van der Waals surface area contributed by atoms with E-state index >= 15 is 0 Å². The highest BCUT2D eigenvalue weighted by Crippen LogP contribution is 2.22. The van der Waals surface area contributed by atoms with E-state index in [9.17, 15) is 0 Å². The van der Waals surface area contributed by atoms with Crippen LogP contribution in [0.1, 0.15) is 12.0 Å². The number of benzene rings is 1. The van der Waals surface area contributed by atoms with Crippen molar-refractivity contribution in [1.82, 2.24) is 0 Å². The van der Waals surface area contributed by atoms with Crippen LogP contribution in [0.25, 0.3) is 0 Å². The first-order valence-electron chi connectivity index (χ1n) is 4.19. The second-order valence-corrected chi connectivity index (χ2v) is 4.50. The van der Waals surface area contributed by atoms with Gasteiger partial charge in [-0.3, -0.25) is 0 Å². The number of thioether (sulfide) groups is 1. The van der Waals surface area contributed by atoms with Gasteiger partial charge in [-0.2, -0.15) is 5.26 Å². The smallest absolute Gasteiger partial charge is 0.133 e. The summed E-state index contributed by atoms with van der Waals surface area (Å²) in [6.45, 7) is 0. The van der Waals surface area contributed by atoms with Gasteiger partial charge in [0.05, 0.1) is 0 Å². The lowest BCUT2D eigenvalue weighted by Gasteiger charge is -2.03. The molecule has 0 spiro atoms. The summed E-state index contributed by atoms with van der Waals surface area (Å²) < 4.78 is 0. The van der Waals surface area contributed by atoms with Crippen molar-refractivity contribution >= 4 is 35.0 Å². The van der Waals surface area contributed by atoms with Crippen LogP contribution in [0.3, 0.4) is 0 Å². The van der Waals surface area contributed by atoms with Crippen molar-refractivity contribution in [2.24, 2.45) is 0 Å². The molecule has 4 heteroatoms. The lowest BCUT2D eigenvalue weighted by molar-refractivity contribution is 0.935. The largest absolute Gasteiger partial charge is 0.185 e. The van der Waals surface area contributed by atoms with Gasteiger partial charge in [-0.05, 0) is 48.4 Å². The molecule has 74 valence electrons. The topological polar surface area (TPSA) is 23.8 Å². The van der Waals surface area contributed by atoms with E-state index < -0.39 is 0 Å². The number of hydrogen-bond acceptors (Lipinski definition) is 2. The third-order valence-electron chi connectivity index (χ3n) is 1.76. The van der Waals surface area contributed by atoms with Gasteiger partial charge in [-0.1, -0.05) is 23.2 Å². The van der Waals surface area contributed by atoms with E-state index in [-0.39, 0.29) is 0 Å². The van der Waals surface area contributed by atoms with Gasteiger partial charge in [-0.25, -0.2) is 0 Å². The first-order chi connectivity index (χ1) is 6.74. The number of rotatable bonds is 4. The minimum atomic E-state index is 0.706. The van der Waals surface area contributed by atoms with Crippen LogP contribution in [0, 0.1) is 10.7 Å². The molecule has 0 saturated carbocycles. The Morgan fingerprint density at radius 3 is 2.86 bits per heavy atom. The van der Waals surface area contributed by atoms with Crippen LogP contribution in [0.2, 0.25) is 10.0 Å². The summed E-state index contributed by atoms with van der Waals surface area (Å²) in [5.41, 5.74) is 1.05. The highest BCUT2D eigenvalue weighted by atomic mass is 35.5. The van der Waals surface area contributed by atoms with E-state index in [4.69, 9.17) is 28.5 Å². The maximum Gasteiger partial charge on any atom is 0.133 e. The molecule has 14 heavy (non-hydrogen) atoms. The van der Waals surface area contributed by atoms with Crippen molar-refractivity contribution in [3.63, 3.8) is 0 Å². The lowest BCUT2D eigenvalue weighted by Crippen LogP contribution is -1.88. The van der Waals surface area contributed by atoms with Crippen LogP contribution < -0.4 is 0 Å². The first-order valence-corrected chi connectivity index (χ1v) is 5.93. The van der Waals surface area contributed by atoms with Crippen molar-refractivity contribution in [1.29, 1.82) is 5.26 Å². The lowest BCUT2D eigenvalue weighted by atomic mass is 10.1. The average molecular weight is 246 g/mol. The molecule has 0 amide bonds. The number of hydrogen-bond donors (Lipinski definition) is 0. The predicted molar refractivity (Wildman–Crippen MR) is 62.9 cm³/mol. The molecule has 0 heterocycles. The molecule has 0 N–H and O–H groups in total. The Morgan fingerprint density at radius 2 is 2.14 bits per heavy atom. The highest BCUT2D eigenvalue weighted by molar-refractivity contribution is 8.03. The molecule has 1 aromatic carbocycles. The zero-order chi connectivity index (χ0) is 10.4. The summed E-state index contributed by atoms with van der Waals surface area (Å²) >= 11 is 13.1. The van der Waals surface area contributed by atoms with E-state index in [1.807, 2.05) is 11.5 Å². The molecule has 1 nitrogen and oxygen atoms in total. The van der Waals surface area contributed by atoms with Gasteiger partial charge in [-0.15, -0.1) is 0 Å². The van der Waals surface area contributed by atoms with Crippen LogP contribution in [-0.4, -0.2) is 5.75 Å². The zero-order valence-corrected chi connectivity index (χ0v) is 9.79. The van der Waals surface area contributed by atoms with Crippen LogP contribution >= 0.6 is 35.0 Å². The van der Waals surface area contributed by atoms with Crippen LogP contribution in [0.15, 0.2) is 18.2 Å². The SMILES string of the molecule is N#CSCCCc1cc(Cl)ccc1Cl. The molecular formula is C10H9Cl2NS. The van der Waals surface area contributed by atoms with Crippen molar-refractivity contribution in [3.05, 3.63) is 33.8 Å². The van der Waals surface area contributed by atoms with E-state index in [0.29, 0.717) is 5.02 Å². The molecule has 0 aliphatic carbocycles. The molecule has 0 atom stereocenters. The molecule has 0 bridgehead atoms.